The van der Waals surface area contributed by atoms with Crippen LogP contribution in [-0.2, 0) is 6.18 Å². The van der Waals surface area contributed by atoms with Gasteiger partial charge in [0.1, 0.15) is 10.9 Å². The van der Waals surface area contributed by atoms with Crippen molar-refractivity contribution in [3.05, 3.63) is 46.2 Å². The van der Waals surface area contributed by atoms with Crippen LogP contribution in [0.25, 0.3) is 11.4 Å². The first kappa shape index (κ1) is 18.3. The first-order valence-corrected chi connectivity index (χ1v) is 9.25. The number of alkyl halides is 4. The lowest BCUT2D eigenvalue weighted by molar-refractivity contribution is -0.141. The molecule has 25 heavy (non-hydrogen) atoms. The Labute approximate surface area is 152 Å². The van der Waals surface area contributed by atoms with Crippen LogP contribution in [-0.4, -0.2) is 20.6 Å². The zero-order valence-corrected chi connectivity index (χ0v) is 14.7. The van der Waals surface area contributed by atoms with E-state index in [4.69, 9.17) is 11.6 Å². The predicted octanol–water partition coefficient (Wildman–Crippen LogP) is 5.10. The van der Waals surface area contributed by atoms with E-state index in [2.05, 4.69) is 9.97 Å². The normalized spacial score (nSPS) is 21.3. The predicted molar refractivity (Wildman–Crippen MR) is 93.0 cm³/mol. The second-order valence-corrected chi connectivity index (χ2v) is 7.70. The molecule has 0 saturated heterocycles. The van der Waals surface area contributed by atoms with Crippen LogP contribution in [0.3, 0.4) is 0 Å². The molecule has 1 fully saturated rings. The quantitative estimate of drug-likeness (QED) is 0.588. The molecule has 134 valence electrons. The molecular formula is C17H16ClF3N2OS. The van der Waals surface area contributed by atoms with Gasteiger partial charge in [-0.2, -0.15) is 13.2 Å². The fraction of sp³-hybridized carbons (Fsp3) is 0.412. The highest BCUT2D eigenvalue weighted by Gasteiger charge is 2.39. The van der Waals surface area contributed by atoms with Crippen LogP contribution in [0.1, 0.15) is 31.2 Å². The van der Waals surface area contributed by atoms with Crippen LogP contribution in [0.2, 0.25) is 0 Å². The molecule has 1 aromatic carbocycles. The van der Waals surface area contributed by atoms with E-state index in [1.54, 1.807) is 30.3 Å². The zero-order valence-electron chi connectivity index (χ0n) is 13.1. The molecule has 0 unspecified atom stereocenters. The van der Waals surface area contributed by atoms with Gasteiger partial charge in [0.15, 0.2) is 5.56 Å². The lowest BCUT2D eigenvalue weighted by atomic mass is 10.00. The monoisotopic (exact) mass is 388 g/mol. The highest BCUT2D eigenvalue weighted by atomic mass is 35.5. The van der Waals surface area contributed by atoms with Crippen LogP contribution in [0.15, 0.2) is 40.2 Å². The Morgan fingerprint density at radius 3 is 2.48 bits per heavy atom. The van der Waals surface area contributed by atoms with E-state index in [1.165, 1.54) is 0 Å². The lowest BCUT2D eigenvalue weighted by Crippen LogP contribution is -2.27. The van der Waals surface area contributed by atoms with Crippen LogP contribution < -0.4 is 5.56 Å². The molecule has 1 saturated carbocycles. The third-order valence-electron chi connectivity index (χ3n) is 4.10. The van der Waals surface area contributed by atoms with Crippen molar-refractivity contribution >= 4 is 23.4 Å². The van der Waals surface area contributed by atoms with Crippen molar-refractivity contribution in [1.82, 2.24) is 9.97 Å². The second kappa shape index (κ2) is 7.41. The lowest BCUT2D eigenvalue weighted by Gasteiger charge is -2.26. The summed E-state index contributed by atoms with van der Waals surface area (Å²) in [5, 5.41) is -0.705. The molecule has 1 aliphatic carbocycles. The summed E-state index contributed by atoms with van der Waals surface area (Å²) in [6.07, 6.45) is -1.42. The van der Waals surface area contributed by atoms with Gasteiger partial charge in [0.25, 0.3) is 5.56 Å². The van der Waals surface area contributed by atoms with Gasteiger partial charge in [0.2, 0.25) is 0 Å². The van der Waals surface area contributed by atoms with E-state index in [1.807, 2.05) is 0 Å². The Bertz CT molecular complexity index is 795. The van der Waals surface area contributed by atoms with Crippen LogP contribution in [0.4, 0.5) is 13.2 Å². The van der Waals surface area contributed by atoms with Crippen molar-refractivity contribution in [2.45, 2.75) is 47.5 Å². The van der Waals surface area contributed by atoms with Gasteiger partial charge in [0.05, 0.1) is 0 Å². The average molecular weight is 389 g/mol. The maximum atomic E-state index is 13.4. The van der Waals surface area contributed by atoms with Crippen LogP contribution in [0, 0.1) is 0 Å². The average Bonchev–Trinajstić information content (AvgIpc) is 2.56. The molecule has 0 aliphatic heterocycles. The molecular weight excluding hydrogens is 373 g/mol. The molecule has 8 heteroatoms. The zero-order chi connectivity index (χ0) is 18.0. The summed E-state index contributed by atoms with van der Waals surface area (Å²) in [5.74, 6) is 0.128. The number of hydrogen-bond acceptors (Lipinski definition) is 3. The number of aromatic amines is 1. The number of hydrogen-bond donors (Lipinski definition) is 1. The highest BCUT2D eigenvalue weighted by Crippen LogP contribution is 2.40. The van der Waals surface area contributed by atoms with Crippen molar-refractivity contribution in [1.29, 1.82) is 0 Å². The number of H-pyrrole nitrogens is 1. The first-order chi connectivity index (χ1) is 11.9. The van der Waals surface area contributed by atoms with E-state index in [0.717, 1.165) is 31.0 Å². The Morgan fingerprint density at radius 2 is 1.84 bits per heavy atom. The summed E-state index contributed by atoms with van der Waals surface area (Å²) >= 11 is 7.25. The van der Waals surface area contributed by atoms with E-state index < -0.39 is 17.3 Å². The number of nitrogens with zero attached hydrogens (tertiary/aromatic N) is 1. The Hall–Kier alpha value is -1.47. The summed E-state index contributed by atoms with van der Waals surface area (Å²) in [7, 11) is 0. The Kier molecular flexibility index (Phi) is 5.43. The molecule has 0 spiro atoms. The van der Waals surface area contributed by atoms with Crippen molar-refractivity contribution < 1.29 is 13.2 Å². The molecule has 0 bridgehead atoms. The number of nitrogens with one attached hydrogen (secondary N) is 1. The number of benzene rings is 1. The van der Waals surface area contributed by atoms with E-state index in [-0.39, 0.29) is 21.5 Å². The molecule has 0 radical (unpaired) electrons. The van der Waals surface area contributed by atoms with Crippen LogP contribution >= 0.6 is 23.4 Å². The smallest absolute Gasteiger partial charge is 0.306 e. The number of aromatic nitrogens is 2. The standard InChI is InChI=1S/C17H16ClF3N2OS/c18-11-8-4-5-9-12(11)25-16-13(17(19,20)21)15(24)22-14(23-16)10-6-2-1-3-7-10/h1-3,6-7,11-12H,4-5,8-9H2,(H,22,23,24)/t11-,12-/m0/s1. The van der Waals surface area contributed by atoms with Crippen molar-refractivity contribution in [2.75, 3.05) is 0 Å². The molecule has 0 amide bonds. The van der Waals surface area contributed by atoms with Gasteiger partial charge < -0.3 is 4.98 Å². The summed E-state index contributed by atoms with van der Waals surface area (Å²) in [5.41, 5.74) is -1.86. The SMILES string of the molecule is O=c1[nH]c(-c2ccccc2)nc(S[C@H]2CCCC[C@@H]2Cl)c1C(F)(F)F. The van der Waals surface area contributed by atoms with Gasteiger partial charge in [-0.15, -0.1) is 23.4 Å². The van der Waals surface area contributed by atoms with E-state index in [9.17, 15) is 18.0 Å². The van der Waals surface area contributed by atoms with Gasteiger partial charge in [-0.05, 0) is 12.8 Å². The first-order valence-electron chi connectivity index (χ1n) is 7.94. The fourth-order valence-corrected chi connectivity index (χ4v) is 4.61. The fourth-order valence-electron chi connectivity index (χ4n) is 2.85. The molecule has 1 aliphatic rings. The second-order valence-electron chi connectivity index (χ2n) is 5.92. The van der Waals surface area contributed by atoms with E-state index >= 15 is 0 Å². The maximum Gasteiger partial charge on any atom is 0.424 e. The molecule has 2 atom stereocenters. The summed E-state index contributed by atoms with van der Waals surface area (Å²) < 4.78 is 40.2. The van der Waals surface area contributed by atoms with E-state index in [0.29, 0.717) is 12.0 Å². The molecule has 3 nitrogen and oxygen atoms in total. The molecule has 1 aromatic heterocycles. The summed E-state index contributed by atoms with van der Waals surface area (Å²) in [4.78, 5) is 18.5. The largest absolute Gasteiger partial charge is 0.424 e. The van der Waals surface area contributed by atoms with Gasteiger partial charge in [-0.1, -0.05) is 43.2 Å². The maximum absolute atomic E-state index is 13.4. The van der Waals surface area contributed by atoms with Gasteiger partial charge in [-0.25, -0.2) is 4.98 Å². The van der Waals surface area contributed by atoms with Gasteiger partial charge in [0, 0.05) is 16.2 Å². The number of thioether (sulfide) groups is 1. The minimum Gasteiger partial charge on any atom is -0.306 e. The van der Waals surface area contributed by atoms with Gasteiger partial charge >= 0.3 is 6.18 Å². The summed E-state index contributed by atoms with van der Waals surface area (Å²) in [6.45, 7) is 0. The Morgan fingerprint density at radius 1 is 1.16 bits per heavy atom. The van der Waals surface area contributed by atoms with Crippen molar-refractivity contribution in [2.24, 2.45) is 0 Å². The Balaban J connectivity index is 2.06. The topological polar surface area (TPSA) is 45.8 Å². The third-order valence-corrected chi connectivity index (χ3v) is 6.16. The minimum atomic E-state index is -4.77. The van der Waals surface area contributed by atoms with Gasteiger partial charge in [-0.3, -0.25) is 4.79 Å². The minimum absolute atomic E-state index is 0.128. The van der Waals surface area contributed by atoms with Crippen LogP contribution in [0.5, 0.6) is 0 Å². The molecule has 1 N–H and O–H groups in total. The number of halogens is 4. The summed E-state index contributed by atoms with van der Waals surface area (Å²) in [6, 6.07) is 8.61. The van der Waals surface area contributed by atoms with Crippen molar-refractivity contribution in [3.8, 4) is 11.4 Å². The molecule has 2 aromatic rings. The third kappa shape index (κ3) is 4.20. The molecule has 3 rings (SSSR count). The highest BCUT2D eigenvalue weighted by molar-refractivity contribution is 8.00. The number of rotatable bonds is 3. The molecule has 1 heterocycles. The van der Waals surface area contributed by atoms with Crippen molar-refractivity contribution in [3.63, 3.8) is 0 Å².